The number of rotatable bonds is 7. The van der Waals surface area contributed by atoms with E-state index in [1.807, 2.05) is 31.2 Å². The molecule has 3 aromatic rings. The Hall–Kier alpha value is -3.07. The minimum absolute atomic E-state index is 0.123. The summed E-state index contributed by atoms with van der Waals surface area (Å²) in [5.74, 6) is -4.49. The molecule has 9 heteroatoms. The molecule has 29 heavy (non-hydrogen) atoms. The SMILES string of the molecule is C=CCn1c(SCC(=O)Nc2ccc(F)c(F)c2F)nnc1-c1cccc(C)c1. The Bertz CT molecular complexity index is 1070. The first-order valence-electron chi connectivity index (χ1n) is 8.58. The molecule has 150 valence electrons. The van der Waals surface area contributed by atoms with Gasteiger partial charge in [-0.3, -0.25) is 9.36 Å². The Morgan fingerprint density at radius 2 is 2.00 bits per heavy atom. The number of carbonyl (C=O) groups excluding carboxylic acids is 1. The van der Waals surface area contributed by atoms with Gasteiger partial charge >= 0.3 is 0 Å². The Kier molecular flexibility index (Phi) is 6.38. The summed E-state index contributed by atoms with van der Waals surface area (Å²) in [6.07, 6.45) is 1.68. The molecule has 0 saturated heterocycles. The van der Waals surface area contributed by atoms with Gasteiger partial charge < -0.3 is 5.32 Å². The third-order valence-electron chi connectivity index (χ3n) is 3.95. The first-order chi connectivity index (χ1) is 13.9. The zero-order valence-electron chi connectivity index (χ0n) is 15.5. The van der Waals surface area contributed by atoms with Gasteiger partial charge in [-0.25, -0.2) is 13.2 Å². The first-order valence-corrected chi connectivity index (χ1v) is 9.56. The van der Waals surface area contributed by atoms with Gasteiger partial charge in [0.1, 0.15) is 0 Å². The van der Waals surface area contributed by atoms with E-state index in [2.05, 4.69) is 22.1 Å². The molecule has 5 nitrogen and oxygen atoms in total. The second-order valence-corrected chi connectivity index (χ2v) is 7.08. The van der Waals surface area contributed by atoms with Crippen molar-refractivity contribution < 1.29 is 18.0 Å². The van der Waals surface area contributed by atoms with E-state index in [1.54, 1.807) is 10.6 Å². The number of carbonyl (C=O) groups is 1. The van der Waals surface area contributed by atoms with E-state index in [4.69, 9.17) is 0 Å². The normalized spacial score (nSPS) is 10.8. The summed E-state index contributed by atoms with van der Waals surface area (Å²) >= 11 is 1.09. The number of halogens is 3. The van der Waals surface area contributed by atoms with E-state index >= 15 is 0 Å². The molecule has 3 rings (SSSR count). The predicted octanol–water partition coefficient (Wildman–Crippen LogP) is 4.59. The fourth-order valence-corrected chi connectivity index (χ4v) is 3.37. The van der Waals surface area contributed by atoms with Crippen LogP contribution in [0.3, 0.4) is 0 Å². The van der Waals surface area contributed by atoms with Crippen LogP contribution >= 0.6 is 11.8 Å². The van der Waals surface area contributed by atoms with Gasteiger partial charge in [0.2, 0.25) is 5.91 Å². The van der Waals surface area contributed by atoms with Crippen LogP contribution in [0.4, 0.5) is 18.9 Å². The zero-order valence-corrected chi connectivity index (χ0v) is 16.3. The van der Waals surface area contributed by atoms with Crippen molar-refractivity contribution >= 4 is 23.4 Å². The van der Waals surface area contributed by atoms with Gasteiger partial charge in [-0.05, 0) is 25.1 Å². The van der Waals surface area contributed by atoms with Crippen molar-refractivity contribution in [2.75, 3.05) is 11.1 Å². The lowest BCUT2D eigenvalue weighted by atomic mass is 10.1. The maximum atomic E-state index is 13.7. The number of benzene rings is 2. The molecular weight excluding hydrogens is 401 g/mol. The number of aromatic nitrogens is 3. The molecule has 2 aromatic carbocycles. The number of amides is 1. The number of aryl methyl sites for hydroxylation is 1. The van der Waals surface area contributed by atoms with Gasteiger partial charge in [0.05, 0.1) is 11.4 Å². The number of hydrogen-bond acceptors (Lipinski definition) is 4. The molecule has 0 bridgehead atoms. The molecule has 0 saturated carbocycles. The second kappa shape index (κ2) is 8.95. The summed E-state index contributed by atoms with van der Waals surface area (Å²) < 4.78 is 41.8. The van der Waals surface area contributed by atoms with Gasteiger partial charge in [0.15, 0.2) is 28.4 Å². The monoisotopic (exact) mass is 418 g/mol. The summed E-state index contributed by atoms with van der Waals surface area (Å²) in [4.78, 5) is 12.1. The summed E-state index contributed by atoms with van der Waals surface area (Å²) in [5, 5.41) is 11.0. The molecule has 0 aliphatic carbocycles. The van der Waals surface area contributed by atoms with Crippen molar-refractivity contribution in [3.63, 3.8) is 0 Å². The molecule has 0 aliphatic rings. The fourth-order valence-electron chi connectivity index (χ4n) is 2.63. The summed E-state index contributed by atoms with van der Waals surface area (Å²) in [7, 11) is 0. The number of hydrogen-bond donors (Lipinski definition) is 1. The lowest BCUT2D eigenvalue weighted by Crippen LogP contribution is -2.16. The van der Waals surface area contributed by atoms with Crippen LogP contribution in [0.15, 0.2) is 54.2 Å². The van der Waals surface area contributed by atoms with Crippen molar-refractivity contribution in [2.45, 2.75) is 18.6 Å². The van der Waals surface area contributed by atoms with Crippen molar-refractivity contribution in [3.8, 4) is 11.4 Å². The molecule has 0 aliphatic heterocycles. The molecule has 0 fully saturated rings. The molecule has 1 N–H and O–H groups in total. The Morgan fingerprint density at radius 1 is 1.21 bits per heavy atom. The van der Waals surface area contributed by atoms with Gasteiger partial charge in [0, 0.05) is 12.1 Å². The van der Waals surface area contributed by atoms with Crippen LogP contribution in [0.1, 0.15) is 5.56 Å². The Balaban J connectivity index is 1.74. The zero-order chi connectivity index (χ0) is 21.0. The van der Waals surface area contributed by atoms with E-state index in [9.17, 15) is 18.0 Å². The van der Waals surface area contributed by atoms with Gasteiger partial charge in [-0.2, -0.15) is 0 Å². The minimum atomic E-state index is -1.64. The number of nitrogens with zero attached hydrogens (tertiary/aromatic N) is 3. The molecule has 1 aromatic heterocycles. The highest BCUT2D eigenvalue weighted by Gasteiger charge is 2.18. The standard InChI is InChI=1S/C20H17F3N4OS/c1-3-9-27-19(13-6-4-5-12(2)10-13)25-26-20(27)29-11-16(28)24-15-8-7-14(21)17(22)18(15)23/h3-8,10H,1,9,11H2,2H3,(H,24,28). The minimum Gasteiger partial charge on any atom is -0.323 e. The topological polar surface area (TPSA) is 59.8 Å². The average molecular weight is 418 g/mol. The van der Waals surface area contributed by atoms with Crippen LogP contribution in [0.2, 0.25) is 0 Å². The lowest BCUT2D eigenvalue weighted by molar-refractivity contribution is -0.113. The molecule has 0 unspecified atom stereocenters. The fraction of sp³-hybridized carbons (Fsp3) is 0.150. The third kappa shape index (κ3) is 4.68. The number of allylic oxidation sites excluding steroid dienone is 1. The number of nitrogens with one attached hydrogen (secondary N) is 1. The lowest BCUT2D eigenvalue weighted by Gasteiger charge is -2.09. The van der Waals surface area contributed by atoms with E-state index < -0.39 is 29.0 Å². The van der Waals surface area contributed by atoms with Crippen LogP contribution in [0.25, 0.3) is 11.4 Å². The summed E-state index contributed by atoms with van der Waals surface area (Å²) in [6, 6.07) is 9.46. The van der Waals surface area contributed by atoms with Crippen molar-refractivity contribution in [2.24, 2.45) is 0 Å². The van der Waals surface area contributed by atoms with Crippen LogP contribution in [-0.2, 0) is 11.3 Å². The van der Waals surface area contributed by atoms with E-state index in [0.29, 0.717) is 17.5 Å². The van der Waals surface area contributed by atoms with Crippen LogP contribution in [0, 0.1) is 24.4 Å². The van der Waals surface area contributed by atoms with E-state index in [1.165, 1.54) is 0 Å². The van der Waals surface area contributed by atoms with E-state index in [0.717, 1.165) is 35.0 Å². The van der Waals surface area contributed by atoms with Gasteiger partial charge in [0.25, 0.3) is 0 Å². The Morgan fingerprint density at radius 3 is 2.72 bits per heavy atom. The largest absolute Gasteiger partial charge is 0.323 e. The third-order valence-corrected chi connectivity index (χ3v) is 4.91. The maximum Gasteiger partial charge on any atom is 0.234 e. The van der Waals surface area contributed by atoms with Crippen LogP contribution in [-0.4, -0.2) is 26.4 Å². The summed E-state index contributed by atoms with van der Waals surface area (Å²) in [5.41, 5.74) is 1.51. The smallest absolute Gasteiger partial charge is 0.234 e. The molecule has 0 spiro atoms. The van der Waals surface area contributed by atoms with Gasteiger partial charge in [-0.15, -0.1) is 16.8 Å². The number of thioether (sulfide) groups is 1. The van der Waals surface area contributed by atoms with E-state index in [-0.39, 0.29) is 5.75 Å². The van der Waals surface area contributed by atoms with Crippen LogP contribution in [0.5, 0.6) is 0 Å². The van der Waals surface area contributed by atoms with Crippen molar-refractivity contribution in [1.29, 1.82) is 0 Å². The first kappa shape index (κ1) is 20.7. The molecular formula is C20H17F3N4OS. The molecule has 1 amide bonds. The highest BCUT2D eigenvalue weighted by molar-refractivity contribution is 7.99. The molecule has 0 radical (unpaired) electrons. The van der Waals surface area contributed by atoms with Crippen molar-refractivity contribution in [3.05, 3.63) is 72.1 Å². The average Bonchev–Trinajstić information content (AvgIpc) is 3.10. The molecule has 1 heterocycles. The maximum absolute atomic E-state index is 13.7. The van der Waals surface area contributed by atoms with Crippen LogP contribution < -0.4 is 5.32 Å². The predicted molar refractivity (Wildman–Crippen MR) is 106 cm³/mol. The highest BCUT2D eigenvalue weighted by atomic mass is 32.2. The quantitative estimate of drug-likeness (QED) is 0.346. The second-order valence-electron chi connectivity index (χ2n) is 6.13. The number of anilines is 1. The molecule has 0 atom stereocenters. The van der Waals surface area contributed by atoms with Gasteiger partial charge in [-0.1, -0.05) is 41.6 Å². The van der Waals surface area contributed by atoms with Crippen molar-refractivity contribution in [1.82, 2.24) is 14.8 Å². The Labute approximate surface area is 169 Å². The highest BCUT2D eigenvalue weighted by Crippen LogP contribution is 2.25. The summed E-state index contributed by atoms with van der Waals surface area (Å²) in [6.45, 7) is 6.13.